The maximum absolute atomic E-state index is 3.79. The summed E-state index contributed by atoms with van der Waals surface area (Å²) in [4.78, 5) is 0. The largest absolute Gasteiger partial charge is 0.107 e. The third-order valence-electron chi connectivity index (χ3n) is 1.86. The molecular formula is C10H14Si. The summed E-state index contributed by atoms with van der Waals surface area (Å²) in [5.41, 5.74) is 3.59. The third kappa shape index (κ3) is 2.05. The van der Waals surface area contributed by atoms with Gasteiger partial charge in [-0.1, -0.05) is 36.4 Å². The van der Waals surface area contributed by atoms with Crippen LogP contribution in [-0.4, -0.2) is 9.52 Å². The average Bonchev–Trinajstić information content (AvgIpc) is 2.06. The molecule has 0 heterocycles. The molecule has 1 aromatic carbocycles. The summed E-state index contributed by atoms with van der Waals surface area (Å²) in [5.74, 6) is 0. The van der Waals surface area contributed by atoms with Gasteiger partial charge in [-0.15, -0.1) is 12.3 Å². The predicted molar refractivity (Wildman–Crippen MR) is 54.2 cm³/mol. The maximum atomic E-state index is 3.79. The lowest BCUT2D eigenvalue weighted by Gasteiger charge is -2.02. The zero-order chi connectivity index (χ0) is 8.10. The van der Waals surface area contributed by atoms with Crippen LogP contribution >= 0.6 is 0 Å². The lowest BCUT2D eigenvalue weighted by molar-refractivity contribution is 1.15. The molecule has 0 unspecified atom stereocenters. The van der Waals surface area contributed by atoms with Gasteiger partial charge >= 0.3 is 0 Å². The summed E-state index contributed by atoms with van der Waals surface area (Å²) >= 11 is 0. The van der Waals surface area contributed by atoms with Crippen molar-refractivity contribution < 1.29 is 0 Å². The molecule has 0 aliphatic rings. The van der Waals surface area contributed by atoms with Crippen molar-refractivity contribution >= 4 is 14.7 Å². The highest BCUT2D eigenvalue weighted by Crippen LogP contribution is 1.95. The van der Waals surface area contributed by atoms with Crippen molar-refractivity contribution in [2.24, 2.45) is 0 Å². The van der Waals surface area contributed by atoms with Crippen LogP contribution in [0.5, 0.6) is 0 Å². The van der Waals surface area contributed by atoms with E-state index in [-0.39, 0.29) is 9.52 Å². The number of benzene rings is 1. The van der Waals surface area contributed by atoms with Gasteiger partial charge in [-0.2, -0.15) is 0 Å². The molecule has 1 aromatic rings. The van der Waals surface area contributed by atoms with Crippen LogP contribution in [0.4, 0.5) is 0 Å². The van der Waals surface area contributed by atoms with E-state index in [2.05, 4.69) is 43.5 Å². The van der Waals surface area contributed by atoms with Gasteiger partial charge in [0.2, 0.25) is 0 Å². The van der Waals surface area contributed by atoms with E-state index in [1.807, 2.05) is 0 Å². The van der Waals surface area contributed by atoms with E-state index in [0.717, 1.165) is 6.42 Å². The second-order valence-corrected chi connectivity index (χ2v) is 4.36. The highest BCUT2D eigenvalue weighted by Gasteiger charge is 1.95. The molecular weight excluding hydrogens is 148 g/mol. The van der Waals surface area contributed by atoms with Gasteiger partial charge in [-0.25, -0.2) is 0 Å². The van der Waals surface area contributed by atoms with Crippen molar-refractivity contribution in [1.29, 1.82) is 0 Å². The van der Waals surface area contributed by atoms with E-state index in [1.165, 1.54) is 5.56 Å². The van der Waals surface area contributed by atoms with Crippen LogP contribution in [0.3, 0.4) is 0 Å². The molecule has 0 aromatic heterocycles. The van der Waals surface area contributed by atoms with Crippen molar-refractivity contribution in [3.8, 4) is 0 Å². The molecule has 0 radical (unpaired) electrons. The highest BCUT2D eigenvalue weighted by atomic mass is 28.2. The van der Waals surface area contributed by atoms with Gasteiger partial charge in [0, 0.05) is 0 Å². The normalized spacial score (nSPS) is 10.6. The van der Waals surface area contributed by atoms with Gasteiger partial charge in [0.05, 0.1) is 9.52 Å². The first kappa shape index (κ1) is 8.28. The molecule has 0 aliphatic carbocycles. The SMILES string of the molecule is C=C[SiH2]c1ccccc1CC. The van der Waals surface area contributed by atoms with E-state index >= 15 is 0 Å². The smallest absolute Gasteiger partial charge is 0.0779 e. The minimum atomic E-state index is -0.177. The van der Waals surface area contributed by atoms with Crippen molar-refractivity contribution in [3.63, 3.8) is 0 Å². The van der Waals surface area contributed by atoms with Gasteiger partial charge in [-0.05, 0) is 12.0 Å². The fourth-order valence-electron chi connectivity index (χ4n) is 1.26. The fraction of sp³-hybridized carbons (Fsp3) is 0.200. The van der Waals surface area contributed by atoms with Crippen LogP contribution in [0.1, 0.15) is 12.5 Å². The lowest BCUT2D eigenvalue weighted by Crippen LogP contribution is -2.16. The first-order valence-electron chi connectivity index (χ1n) is 4.06. The Morgan fingerprint density at radius 3 is 2.82 bits per heavy atom. The number of aryl methyl sites for hydroxylation is 1. The molecule has 1 rings (SSSR count). The van der Waals surface area contributed by atoms with E-state index in [0.29, 0.717) is 0 Å². The minimum absolute atomic E-state index is 0.177. The maximum Gasteiger partial charge on any atom is 0.0779 e. The fourth-order valence-corrected chi connectivity index (χ4v) is 2.47. The topological polar surface area (TPSA) is 0 Å². The number of rotatable bonds is 3. The van der Waals surface area contributed by atoms with Crippen LogP contribution in [-0.2, 0) is 6.42 Å². The Morgan fingerprint density at radius 2 is 2.18 bits per heavy atom. The molecule has 0 saturated carbocycles. The molecule has 0 amide bonds. The zero-order valence-electron chi connectivity index (χ0n) is 7.01. The van der Waals surface area contributed by atoms with E-state index < -0.39 is 0 Å². The average molecular weight is 162 g/mol. The van der Waals surface area contributed by atoms with Crippen LogP contribution < -0.4 is 5.19 Å². The Labute approximate surface area is 70.8 Å². The monoisotopic (exact) mass is 162 g/mol. The Morgan fingerprint density at radius 1 is 1.45 bits per heavy atom. The molecule has 0 spiro atoms. The van der Waals surface area contributed by atoms with Crippen LogP contribution in [0.2, 0.25) is 0 Å². The second kappa shape index (κ2) is 4.14. The summed E-state index contributed by atoms with van der Waals surface area (Å²) in [7, 11) is -0.177. The molecule has 0 nitrogen and oxygen atoms in total. The van der Waals surface area contributed by atoms with Gasteiger partial charge in [0.15, 0.2) is 0 Å². The van der Waals surface area contributed by atoms with Crippen LogP contribution in [0, 0.1) is 0 Å². The summed E-state index contributed by atoms with van der Waals surface area (Å²) in [6.45, 7) is 6.00. The summed E-state index contributed by atoms with van der Waals surface area (Å²) in [6.07, 6.45) is 1.15. The Kier molecular flexibility index (Phi) is 3.11. The van der Waals surface area contributed by atoms with Gasteiger partial charge in [0.1, 0.15) is 0 Å². The molecule has 0 atom stereocenters. The third-order valence-corrected chi connectivity index (χ3v) is 3.28. The Hall–Kier alpha value is -0.823. The molecule has 58 valence electrons. The first-order valence-corrected chi connectivity index (χ1v) is 5.58. The molecule has 11 heavy (non-hydrogen) atoms. The van der Waals surface area contributed by atoms with Gasteiger partial charge in [0.25, 0.3) is 0 Å². The van der Waals surface area contributed by atoms with E-state index in [9.17, 15) is 0 Å². The Balaban J connectivity index is 2.92. The molecule has 0 fully saturated rings. The van der Waals surface area contributed by atoms with Crippen molar-refractivity contribution in [2.75, 3.05) is 0 Å². The lowest BCUT2D eigenvalue weighted by atomic mass is 10.2. The molecule has 0 saturated heterocycles. The first-order chi connectivity index (χ1) is 5.38. The molecule has 1 heteroatoms. The summed E-state index contributed by atoms with van der Waals surface area (Å²) < 4.78 is 0. The van der Waals surface area contributed by atoms with E-state index in [1.54, 1.807) is 5.19 Å². The summed E-state index contributed by atoms with van der Waals surface area (Å²) in [5, 5.41) is 1.55. The van der Waals surface area contributed by atoms with E-state index in [4.69, 9.17) is 0 Å². The van der Waals surface area contributed by atoms with Crippen LogP contribution in [0.15, 0.2) is 36.5 Å². The predicted octanol–water partition coefficient (Wildman–Crippen LogP) is 1.19. The zero-order valence-corrected chi connectivity index (χ0v) is 8.42. The molecule has 0 N–H and O–H groups in total. The van der Waals surface area contributed by atoms with Crippen molar-refractivity contribution in [2.45, 2.75) is 13.3 Å². The number of hydrogen-bond acceptors (Lipinski definition) is 0. The van der Waals surface area contributed by atoms with Crippen LogP contribution in [0.25, 0.3) is 0 Å². The quantitative estimate of drug-likeness (QED) is 0.586. The number of hydrogen-bond donors (Lipinski definition) is 0. The molecule has 0 bridgehead atoms. The van der Waals surface area contributed by atoms with Gasteiger partial charge < -0.3 is 0 Å². The molecule has 0 aliphatic heterocycles. The summed E-state index contributed by atoms with van der Waals surface area (Å²) in [6, 6.07) is 8.67. The Bertz CT molecular complexity index is 240. The van der Waals surface area contributed by atoms with Crippen molar-refractivity contribution in [3.05, 3.63) is 42.1 Å². The minimum Gasteiger partial charge on any atom is -0.107 e. The van der Waals surface area contributed by atoms with Gasteiger partial charge in [-0.3, -0.25) is 0 Å². The van der Waals surface area contributed by atoms with Crippen molar-refractivity contribution in [1.82, 2.24) is 0 Å². The second-order valence-electron chi connectivity index (χ2n) is 2.62. The highest BCUT2D eigenvalue weighted by molar-refractivity contribution is 6.58. The standard InChI is InChI=1S/C10H14Si/c1-3-9-7-5-6-8-10(9)11-4-2/h4-8H,2-3,11H2,1H3.